The molecule has 0 heterocycles. The van der Waals surface area contributed by atoms with E-state index in [1.165, 1.54) is 44.2 Å². The lowest BCUT2D eigenvalue weighted by Gasteiger charge is -2.16. The molecule has 3 rings (SSSR count). The standard InChI is InChI=1S/C16H24N2/c1-2-5-14(6-3-1)16(9-10-16)13-17-11-4-12-18-15-7-8-15/h1-3,5-6,15,17-18H,4,7-13H2. The van der Waals surface area contributed by atoms with E-state index in [1.807, 2.05) is 0 Å². The van der Waals surface area contributed by atoms with Gasteiger partial charge in [-0.15, -0.1) is 0 Å². The van der Waals surface area contributed by atoms with E-state index >= 15 is 0 Å². The summed E-state index contributed by atoms with van der Waals surface area (Å²) in [5, 5.41) is 7.20. The molecule has 2 aliphatic carbocycles. The topological polar surface area (TPSA) is 24.1 Å². The lowest BCUT2D eigenvalue weighted by molar-refractivity contribution is 0.544. The van der Waals surface area contributed by atoms with Crippen molar-refractivity contribution in [3.05, 3.63) is 35.9 Å². The Balaban J connectivity index is 1.35. The maximum atomic E-state index is 3.64. The van der Waals surface area contributed by atoms with Crippen LogP contribution in [0, 0.1) is 0 Å². The Labute approximate surface area is 110 Å². The van der Waals surface area contributed by atoms with Crippen LogP contribution in [0.3, 0.4) is 0 Å². The first kappa shape index (κ1) is 12.2. The van der Waals surface area contributed by atoms with E-state index in [9.17, 15) is 0 Å². The number of hydrogen-bond donors (Lipinski definition) is 2. The average molecular weight is 244 g/mol. The largest absolute Gasteiger partial charge is 0.316 e. The van der Waals surface area contributed by atoms with E-state index in [0.717, 1.165) is 19.1 Å². The second kappa shape index (κ2) is 5.41. The van der Waals surface area contributed by atoms with Crippen LogP contribution in [-0.4, -0.2) is 25.7 Å². The average Bonchev–Trinajstić information content (AvgIpc) is 3.30. The molecule has 0 amide bonds. The molecule has 0 spiro atoms. The summed E-state index contributed by atoms with van der Waals surface area (Å²) in [5.41, 5.74) is 1.99. The molecule has 18 heavy (non-hydrogen) atoms. The molecule has 98 valence electrons. The van der Waals surface area contributed by atoms with Crippen molar-refractivity contribution in [2.75, 3.05) is 19.6 Å². The highest BCUT2D eigenvalue weighted by Crippen LogP contribution is 2.47. The third-order valence-electron chi connectivity index (χ3n) is 4.24. The number of benzene rings is 1. The van der Waals surface area contributed by atoms with Crippen LogP contribution in [-0.2, 0) is 5.41 Å². The Morgan fingerprint density at radius 1 is 1.06 bits per heavy atom. The lowest BCUT2D eigenvalue weighted by atomic mass is 9.96. The normalized spacial score (nSPS) is 20.9. The van der Waals surface area contributed by atoms with Crippen LogP contribution >= 0.6 is 0 Å². The fourth-order valence-electron chi connectivity index (χ4n) is 2.64. The highest BCUT2D eigenvalue weighted by atomic mass is 15.0. The first-order valence-corrected chi connectivity index (χ1v) is 7.39. The SMILES string of the molecule is c1ccc(C2(CNCCCNC3CC3)CC2)cc1. The molecule has 2 N–H and O–H groups in total. The van der Waals surface area contributed by atoms with Crippen molar-refractivity contribution in [3.8, 4) is 0 Å². The molecule has 2 aliphatic rings. The molecular weight excluding hydrogens is 220 g/mol. The molecule has 0 bridgehead atoms. The fourth-order valence-corrected chi connectivity index (χ4v) is 2.64. The zero-order valence-corrected chi connectivity index (χ0v) is 11.1. The van der Waals surface area contributed by atoms with Crippen molar-refractivity contribution in [3.63, 3.8) is 0 Å². The van der Waals surface area contributed by atoms with Gasteiger partial charge in [0.25, 0.3) is 0 Å². The summed E-state index contributed by atoms with van der Waals surface area (Å²) in [6.45, 7) is 3.48. The maximum Gasteiger partial charge on any atom is 0.00784 e. The second-order valence-corrected chi connectivity index (χ2v) is 5.91. The molecule has 0 unspecified atom stereocenters. The zero-order chi connectivity index (χ0) is 12.3. The minimum absolute atomic E-state index is 0.463. The van der Waals surface area contributed by atoms with Gasteiger partial charge in [-0.3, -0.25) is 0 Å². The number of rotatable bonds is 8. The van der Waals surface area contributed by atoms with Crippen LogP contribution < -0.4 is 10.6 Å². The minimum Gasteiger partial charge on any atom is -0.316 e. The molecule has 1 aromatic carbocycles. The monoisotopic (exact) mass is 244 g/mol. The Kier molecular flexibility index (Phi) is 3.67. The van der Waals surface area contributed by atoms with Gasteiger partial charge < -0.3 is 10.6 Å². The summed E-state index contributed by atoms with van der Waals surface area (Å²) in [7, 11) is 0. The van der Waals surface area contributed by atoms with E-state index < -0.39 is 0 Å². The summed E-state index contributed by atoms with van der Waals surface area (Å²) in [6, 6.07) is 11.8. The second-order valence-electron chi connectivity index (χ2n) is 5.91. The third-order valence-corrected chi connectivity index (χ3v) is 4.24. The highest BCUT2D eigenvalue weighted by Gasteiger charge is 2.43. The van der Waals surface area contributed by atoms with Crippen molar-refractivity contribution >= 4 is 0 Å². The van der Waals surface area contributed by atoms with E-state index in [2.05, 4.69) is 41.0 Å². The van der Waals surface area contributed by atoms with E-state index in [-0.39, 0.29) is 0 Å². The minimum atomic E-state index is 0.463. The van der Waals surface area contributed by atoms with Crippen LogP contribution in [0.5, 0.6) is 0 Å². The van der Waals surface area contributed by atoms with Crippen LogP contribution in [0.2, 0.25) is 0 Å². The highest BCUT2D eigenvalue weighted by molar-refractivity contribution is 5.31. The van der Waals surface area contributed by atoms with Gasteiger partial charge in [-0.25, -0.2) is 0 Å². The third kappa shape index (κ3) is 3.12. The van der Waals surface area contributed by atoms with Crippen LogP contribution in [0.15, 0.2) is 30.3 Å². The summed E-state index contributed by atoms with van der Waals surface area (Å²) >= 11 is 0. The van der Waals surface area contributed by atoms with E-state index in [1.54, 1.807) is 0 Å². The van der Waals surface area contributed by atoms with Gasteiger partial charge >= 0.3 is 0 Å². The smallest absolute Gasteiger partial charge is 0.00784 e. The molecular formula is C16H24N2. The number of nitrogens with one attached hydrogen (secondary N) is 2. The van der Waals surface area contributed by atoms with Crippen molar-refractivity contribution < 1.29 is 0 Å². The van der Waals surface area contributed by atoms with Crippen LogP contribution in [0.4, 0.5) is 0 Å². The molecule has 2 saturated carbocycles. The molecule has 0 aliphatic heterocycles. The van der Waals surface area contributed by atoms with E-state index in [0.29, 0.717) is 5.41 Å². The van der Waals surface area contributed by atoms with Gasteiger partial charge in [-0.05, 0) is 50.8 Å². The fraction of sp³-hybridized carbons (Fsp3) is 0.625. The number of hydrogen-bond acceptors (Lipinski definition) is 2. The maximum absolute atomic E-state index is 3.64. The summed E-state index contributed by atoms with van der Waals surface area (Å²) < 4.78 is 0. The molecule has 0 atom stereocenters. The van der Waals surface area contributed by atoms with Crippen LogP contribution in [0.25, 0.3) is 0 Å². The predicted molar refractivity (Wildman–Crippen MR) is 75.9 cm³/mol. The molecule has 2 heteroatoms. The first-order valence-electron chi connectivity index (χ1n) is 7.39. The molecule has 1 aromatic rings. The predicted octanol–water partition coefficient (Wildman–Crippen LogP) is 2.45. The molecule has 0 aromatic heterocycles. The molecule has 0 saturated heterocycles. The molecule has 2 nitrogen and oxygen atoms in total. The van der Waals surface area contributed by atoms with Gasteiger partial charge in [0.15, 0.2) is 0 Å². The summed E-state index contributed by atoms with van der Waals surface area (Å²) in [4.78, 5) is 0. The van der Waals surface area contributed by atoms with Gasteiger partial charge in [0, 0.05) is 18.0 Å². The van der Waals surface area contributed by atoms with Gasteiger partial charge in [0.1, 0.15) is 0 Å². The zero-order valence-electron chi connectivity index (χ0n) is 11.1. The Morgan fingerprint density at radius 3 is 2.50 bits per heavy atom. The summed E-state index contributed by atoms with van der Waals surface area (Å²) in [6.07, 6.45) is 6.74. The van der Waals surface area contributed by atoms with Gasteiger partial charge in [-0.2, -0.15) is 0 Å². The quantitative estimate of drug-likeness (QED) is 0.686. The van der Waals surface area contributed by atoms with Crippen molar-refractivity contribution in [2.45, 2.75) is 43.6 Å². The Morgan fingerprint density at radius 2 is 1.83 bits per heavy atom. The lowest BCUT2D eigenvalue weighted by Crippen LogP contribution is -2.29. The Bertz CT molecular complexity index is 366. The van der Waals surface area contributed by atoms with E-state index in [4.69, 9.17) is 0 Å². The van der Waals surface area contributed by atoms with Crippen LogP contribution in [0.1, 0.15) is 37.7 Å². The molecule has 0 radical (unpaired) electrons. The van der Waals surface area contributed by atoms with Crippen molar-refractivity contribution in [1.82, 2.24) is 10.6 Å². The first-order chi connectivity index (χ1) is 8.89. The molecule has 2 fully saturated rings. The van der Waals surface area contributed by atoms with Gasteiger partial charge in [0.05, 0.1) is 0 Å². The summed E-state index contributed by atoms with van der Waals surface area (Å²) in [5.74, 6) is 0. The van der Waals surface area contributed by atoms with Gasteiger partial charge in [0.2, 0.25) is 0 Å². The van der Waals surface area contributed by atoms with Crippen molar-refractivity contribution in [2.24, 2.45) is 0 Å². The Hall–Kier alpha value is -0.860. The van der Waals surface area contributed by atoms with Crippen molar-refractivity contribution in [1.29, 1.82) is 0 Å². The van der Waals surface area contributed by atoms with Gasteiger partial charge in [-0.1, -0.05) is 30.3 Å².